The summed E-state index contributed by atoms with van der Waals surface area (Å²) < 4.78 is 68.8. The molecule has 0 spiro atoms. The summed E-state index contributed by atoms with van der Waals surface area (Å²) in [5.74, 6) is -1.84. The van der Waals surface area contributed by atoms with E-state index >= 15 is 0 Å². The molecule has 0 aliphatic carbocycles. The van der Waals surface area contributed by atoms with Crippen molar-refractivity contribution in [3.63, 3.8) is 0 Å². The molecule has 1 aromatic heterocycles. The molecule has 24 heavy (non-hydrogen) atoms. The monoisotopic (exact) mass is 347 g/mol. The molecule has 5 nitrogen and oxygen atoms in total. The van der Waals surface area contributed by atoms with Crippen molar-refractivity contribution < 1.29 is 31.5 Å². The summed E-state index contributed by atoms with van der Waals surface area (Å²) in [6.45, 7) is -3.31. The summed E-state index contributed by atoms with van der Waals surface area (Å²) in [4.78, 5) is 19.1. The normalized spacial score (nSPS) is 12.8. The van der Waals surface area contributed by atoms with Crippen LogP contribution in [0.2, 0.25) is 0 Å². The van der Waals surface area contributed by atoms with Gasteiger partial charge in [-0.1, -0.05) is 18.2 Å². The zero-order valence-corrected chi connectivity index (χ0v) is 11.8. The van der Waals surface area contributed by atoms with Crippen LogP contribution in [0.4, 0.5) is 22.0 Å². The number of benzene rings is 1. The second-order valence-corrected chi connectivity index (χ2v) is 4.46. The molecule has 0 bridgehead atoms. The van der Waals surface area contributed by atoms with E-state index < -0.39 is 36.0 Å². The van der Waals surface area contributed by atoms with Crippen LogP contribution in [0.25, 0.3) is 0 Å². The Hall–Kier alpha value is -2.78. The topological polar surface area (TPSA) is 64.1 Å². The Morgan fingerprint density at radius 2 is 1.88 bits per heavy atom. The van der Waals surface area contributed by atoms with E-state index in [0.717, 1.165) is 24.5 Å². The Balaban J connectivity index is 2.35. The molecule has 0 radical (unpaired) electrons. The first-order chi connectivity index (χ1) is 11.3. The molecule has 0 fully saturated rings. The number of rotatable bonds is 5. The van der Waals surface area contributed by atoms with E-state index in [1.807, 2.05) is 0 Å². The van der Waals surface area contributed by atoms with Gasteiger partial charge < -0.3 is 10.1 Å². The maximum Gasteiger partial charge on any atom is 0.413 e. The predicted octanol–water partition coefficient (Wildman–Crippen LogP) is 3.11. The molecule has 10 heteroatoms. The first kappa shape index (κ1) is 17.6. The average molecular weight is 347 g/mol. The van der Waals surface area contributed by atoms with Gasteiger partial charge >= 0.3 is 12.8 Å². The number of ether oxygens (including phenoxy) is 1. The highest BCUT2D eigenvalue weighted by molar-refractivity contribution is 5.92. The van der Waals surface area contributed by atoms with Crippen molar-refractivity contribution in [1.82, 2.24) is 15.3 Å². The Kier molecular flexibility index (Phi) is 5.27. The fourth-order valence-electron chi connectivity index (χ4n) is 1.88. The van der Waals surface area contributed by atoms with E-state index in [1.54, 1.807) is 5.32 Å². The summed E-state index contributed by atoms with van der Waals surface area (Å²) >= 11 is 0. The lowest BCUT2D eigenvalue weighted by atomic mass is 10.0. The van der Waals surface area contributed by atoms with E-state index in [1.165, 1.54) is 18.3 Å². The molecule has 1 atom stereocenters. The van der Waals surface area contributed by atoms with E-state index in [4.69, 9.17) is 0 Å². The fourth-order valence-corrected chi connectivity index (χ4v) is 1.88. The third-order valence-electron chi connectivity index (χ3n) is 2.84. The average Bonchev–Trinajstić information content (AvgIpc) is 2.52. The summed E-state index contributed by atoms with van der Waals surface area (Å²) in [7, 11) is 0. The number of nitrogens with zero attached hydrogens (tertiary/aromatic N) is 2. The van der Waals surface area contributed by atoms with Crippen LogP contribution in [-0.4, -0.2) is 28.7 Å². The van der Waals surface area contributed by atoms with Gasteiger partial charge in [-0.15, -0.1) is 0 Å². The SMILES string of the molecule is O=C(N[C@@H](c1ccccc1OC(F)F)C(F)(F)F)c1cnccn1. The van der Waals surface area contributed by atoms with Crippen molar-refractivity contribution in [3.8, 4) is 5.75 Å². The molecule has 1 N–H and O–H groups in total. The summed E-state index contributed by atoms with van der Waals surface area (Å²) in [6.07, 6.45) is -1.60. The third-order valence-corrected chi connectivity index (χ3v) is 2.84. The van der Waals surface area contributed by atoms with Gasteiger partial charge in [0, 0.05) is 18.0 Å². The number of amides is 1. The van der Waals surface area contributed by atoms with E-state index in [0.29, 0.717) is 0 Å². The molecule has 0 saturated heterocycles. The molecular formula is C14H10F5N3O2. The number of hydrogen-bond acceptors (Lipinski definition) is 4. The van der Waals surface area contributed by atoms with Gasteiger partial charge in [-0.05, 0) is 6.07 Å². The highest BCUT2D eigenvalue weighted by Crippen LogP contribution is 2.37. The minimum atomic E-state index is -4.94. The number of hydrogen-bond donors (Lipinski definition) is 1. The molecule has 0 aliphatic heterocycles. The van der Waals surface area contributed by atoms with Crippen molar-refractivity contribution in [2.45, 2.75) is 18.8 Å². The minimum absolute atomic E-state index is 0.348. The lowest BCUT2D eigenvalue weighted by Crippen LogP contribution is -2.38. The van der Waals surface area contributed by atoms with Crippen molar-refractivity contribution in [3.05, 3.63) is 54.1 Å². The zero-order chi connectivity index (χ0) is 17.7. The third kappa shape index (κ3) is 4.37. The van der Waals surface area contributed by atoms with Gasteiger partial charge in [0.15, 0.2) is 6.04 Å². The molecule has 1 amide bonds. The largest absolute Gasteiger partial charge is 0.434 e. The number of nitrogens with one attached hydrogen (secondary N) is 1. The van der Waals surface area contributed by atoms with Crippen LogP contribution >= 0.6 is 0 Å². The maximum absolute atomic E-state index is 13.3. The van der Waals surface area contributed by atoms with E-state index in [9.17, 15) is 26.7 Å². The van der Waals surface area contributed by atoms with E-state index in [-0.39, 0.29) is 5.69 Å². The van der Waals surface area contributed by atoms with Gasteiger partial charge in [-0.2, -0.15) is 22.0 Å². The molecule has 1 heterocycles. The number of carbonyl (C=O) groups excluding carboxylic acids is 1. The zero-order valence-electron chi connectivity index (χ0n) is 11.8. The minimum Gasteiger partial charge on any atom is -0.434 e. The van der Waals surface area contributed by atoms with Crippen molar-refractivity contribution >= 4 is 5.91 Å². The molecule has 128 valence electrons. The molecular weight excluding hydrogens is 337 g/mol. The molecule has 2 rings (SSSR count). The van der Waals surface area contributed by atoms with Crippen LogP contribution in [0.5, 0.6) is 5.75 Å². The number of aromatic nitrogens is 2. The first-order valence-corrected chi connectivity index (χ1v) is 6.46. The van der Waals surface area contributed by atoms with Gasteiger partial charge in [0.1, 0.15) is 11.4 Å². The van der Waals surface area contributed by atoms with Gasteiger partial charge in [0.05, 0.1) is 6.20 Å². The van der Waals surface area contributed by atoms with Gasteiger partial charge in [-0.3, -0.25) is 9.78 Å². The smallest absolute Gasteiger partial charge is 0.413 e. The lowest BCUT2D eigenvalue weighted by Gasteiger charge is -2.23. The van der Waals surface area contributed by atoms with Crippen LogP contribution in [0, 0.1) is 0 Å². The second-order valence-electron chi connectivity index (χ2n) is 4.46. The van der Waals surface area contributed by atoms with Gasteiger partial charge in [-0.25, -0.2) is 4.98 Å². The predicted molar refractivity (Wildman–Crippen MR) is 71.4 cm³/mol. The quantitative estimate of drug-likeness (QED) is 0.844. The summed E-state index contributed by atoms with van der Waals surface area (Å²) in [5, 5.41) is 1.71. The number of halogens is 5. The molecule has 0 aliphatic rings. The number of alkyl halides is 5. The Labute approximate surface area is 132 Å². The summed E-state index contributed by atoms with van der Waals surface area (Å²) in [5.41, 5.74) is -0.999. The second kappa shape index (κ2) is 7.20. The fraction of sp³-hybridized carbons (Fsp3) is 0.214. The molecule has 0 saturated carbocycles. The first-order valence-electron chi connectivity index (χ1n) is 6.46. The molecule has 0 unspecified atom stereocenters. The standard InChI is InChI=1S/C14H10F5N3O2/c15-13(16)24-10-4-2-1-3-8(10)11(14(17,18)19)22-12(23)9-7-20-5-6-21-9/h1-7,11,13H,(H,22,23)/t11-/m0/s1. The van der Waals surface area contributed by atoms with Crippen LogP contribution in [0.1, 0.15) is 22.1 Å². The number of para-hydroxylation sites is 1. The van der Waals surface area contributed by atoms with Crippen LogP contribution in [0.3, 0.4) is 0 Å². The van der Waals surface area contributed by atoms with Crippen molar-refractivity contribution in [2.24, 2.45) is 0 Å². The summed E-state index contributed by atoms with van der Waals surface area (Å²) in [6, 6.07) is 1.78. The van der Waals surface area contributed by atoms with Crippen LogP contribution in [-0.2, 0) is 0 Å². The van der Waals surface area contributed by atoms with Crippen molar-refractivity contribution in [1.29, 1.82) is 0 Å². The Bertz CT molecular complexity index is 694. The Morgan fingerprint density at radius 3 is 2.46 bits per heavy atom. The van der Waals surface area contributed by atoms with Crippen molar-refractivity contribution in [2.75, 3.05) is 0 Å². The highest BCUT2D eigenvalue weighted by atomic mass is 19.4. The Morgan fingerprint density at radius 1 is 1.17 bits per heavy atom. The lowest BCUT2D eigenvalue weighted by molar-refractivity contribution is -0.156. The van der Waals surface area contributed by atoms with Crippen LogP contribution < -0.4 is 10.1 Å². The maximum atomic E-state index is 13.3. The molecule has 2 aromatic rings. The van der Waals surface area contributed by atoms with E-state index in [2.05, 4.69) is 14.7 Å². The number of carbonyl (C=O) groups is 1. The van der Waals surface area contributed by atoms with Gasteiger partial charge in [0.2, 0.25) is 0 Å². The highest BCUT2D eigenvalue weighted by Gasteiger charge is 2.43. The van der Waals surface area contributed by atoms with Gasteiger partial charge in [0.25, 0.3) is 5.91 Å². The molecule has 1 aromatic carbocycles. The van der Waals surface area contributed by atoms with Crippen LogP contribution in [0.15, 0.2) is 42.9 Å².